The van der Waals surface area contributed by atoms with Crippen molar-refractivity contribution in [3.8, 4) is 0 Å². The first-order chi connectivity index (χ1) is 12.5. The maximum absolute atomic E-state index is 11.9. The van der Waals surface area contributed by atoms with Crippen LogP contribution in [0.1, 0.15) is 55.9 Å². The van der Waals surface area contributed by atoms with Crippen LogP contribution in [0.3, 0.4) is 0 Å². The monoisotopic (exact) mass is 353 g/mol. The molecule has 0 aromatic carbocycles. The molecule has 2 aromatic heterocycles. The highest BCUT2D eigenvalue weighted by Crippen LogP contribution is 2.37. The van der Waals surface area contributed by atoms with E-state index in [2.05, 4.69) is 35.6 Å². The van der Waals surface area contributed by atoms with E-state index in [4.69, 9.17) is 10.1 Å². The largest absolute Gasteiger partial charge is 0.338 e. The molecule has 26 heavy (non-hydrogen) atoms. The molecule has 0 aliphatic carbocycles. The Morgan fingerprint density at radius 1 is 1.19 bits per heavy atom. The van der Waals surface area contributed by atoms with Crippen molar-refractivity contribution in [3.05, 3.63) is 34.8 Å². The fourth-order valence-electron chi connectivity index (χ4n) is 4.12. The molecule has 138 valence electrons. The maximum atomic E-state index is 11.9. The van der Waals surface area contributed by atoms with Gasteiger partial charge >= 0.3 is 0 Å². The van der Waals surface area contributed by atoms with Crippen molar-refractivity contribution < 1.29 is 4.79 Å². The molecule has 4 heterocycles. The van der Waals surface area contributed by atoms with Crippen molar-refractivity contribution in [2.24, 2.45) is 0 Å². The van der Waals surface area contributed by atoms with Gasteiger partial charge in [0.25, 0.3) is 0 Å². The van der Waals surface area contributed by atoms with Crippen molar-refractivity contribution in [2.45, 2.75) is 59.5 Å². The molecule has 1 amide bonds. The van der Waals surface area contributed by atoms with Crippen LogP contribution in [0, 0.1) is 6.92 Å². The summed E-state index contributed by atoms with van der Waals surface area (Å²) < 4.78 is 2.15. The van der Waals surface area contributed by atoms with Gasteiger partial charge < -0.3 is 9.80 Å². The summed E-state index contributed by atoms with van der Waals surface area (Å²) in [6.07, 6.45) is 2.95. The Balaban J connectivity index is 1.82. The minimum atomic E-state index is 0.134. The first-order valence-corrected chi connectivity index (χ1v) is 9.55. The third-order valence-electron chi connectivity index (χ3n) is 5.43. The Kier molecular flexibility index (Phi) is 4.21. The summed E-state index contributed by atoms with van der Waals surface area (Å²) in [6.45, 7) is 10.4. The molecule has 0 saturated heterocycles. The number of carbonyl (C=O) groups is 1. The van der Waals surface area contributed by atoms with Gasteiger partial charge in [-0.05, 0) is 45.7 Å². The number of aromatic nitrogens is 3. The molecule has 0 radical (unpaired) electrons. The molecular weight excluding hydrogens is 326 g/mol. The number of anilines is 2. The van der Waals surface area contributed by atoms with Gasteiger partial charge in [-0.3, -0.25) is 14.5 Å². The van der Waals surface area contributed by atoms with Gasteiger partial charge in [0.05, 0.1) is 17.9 Å². The number of amides is 1. The molecule has 2 aliphatic heterocycles. The van der Waals surface area contributed by atoms with Crippen molar-refractivity contribution in [1.82, 2.24) is 19.7 Å². The molecule has 2 aromatic rings. The minimum absolute atomic E-state index is 0.134. The van der Waals surface area contributed by atoms with E-state index in [1.54, 1.807) is 6.92 Å². The van der Waals surface area contributed by atoms with Crippen LogP contribution < -0.4 is 4.90 Å². The van der Waals surface area contributed by atoms with Gasteiger partial charge in [0.1, 0.15) is 0 Å². The number of hydrogen-bond donors (Lipinski definition) is 0. The lowest BCUT2D eigenvalue weighted by molar-refractivity contribution is -0.129. The first kappa shape index (κ1) is 17.1. The molecule has 0 N–H and O–H groups in total. The molecule has 6 heteroatoms. The minimum Gasteiger partial charge on any atom is -0.338 e. The summed E-state index contributed by atoms with van der Waals surface area (Å²) in [4.78, 5) is 20.9. The van der Waals surface area contributed by atoms with Crippen LogP contribution >= 0.6 is 0 Å². The summed E-state index contributed by atoms with van der Waals surface area (Å²) in [5.41, 5.74) is 5.86. The van der Waals surface area contributed by atoms with Gasteiger partial charge in [0, 0.05) is 49.4 Å². The van der Waals surface area contributed by atoms with Crippen LogP contribution in [0.2, 0.25) is 0 Å². The zero-order valence-corrected chi connectivity index (χ0v) is 16.1. The van der Waals surface area contributed by atoms with Gasteiger partial charge in [-0.15, -0.1) is 0 Å². The van der Waals surface area contributed by atoms with Crippen LogP contribution in [-0.2, 0) is 24.2 Å². The van der Waals surface area contributed by atoms with Crippen LogP contribution in [0.5, 0.6) is 0 Å². The number of hydrogen-bond acceptors (Lipinski definition) is 4. The van der Waals surface area contributed by atoms with Crippen LogP contribution in [0.4, 0.5) is 11.5 Å². The molecule has 0 atom stereocenters. The summed E-state index contributed by atoms with van der Waals surface area (Å²) in [6, 6.07) is 4.55. The van der Waals surface area contributed by atoms with Gasteiger partial charge in [0.15, 0.2) is 5.82 Å². The highest BCUT2D eigenvalue weighted by Gasteiger charge is 2.31. The van der Waals surface area contributed by atoms with Crippen molar-refractivity contribution >= 4 is 17.4 Å². The number of aryl methyl sites for hydroxylation is 2. The molecule has 0 saturated carbocycles. The van der Waals surface area contributed by atoms with Crippen molar-refractivity contribution in [3.63, 3.8) is 0 Å². The standard InChI is InChI=1S/C20H27N5O/c1-13(2)25-18-9-11-23(15(4)26)12-16(18)20(22-25)24-10-5-6-17-19(24)8-7-14(3)21-17/h7-8,13H,5-6,9-12H2,1-4H3. The number of rotatable bonds is 2. The van der Waals surface area contributed by atoms with Gasteiger partial charge in [-0.1, -0.05) is 0 Å². The van der Waals surface area contributed by atoms with E-state index in [1.165, 1.54) is 11.3 Å². The second-order valence-electron chi connectivity index (χ2n) is 7.65. The Hall–Kier alpha value is -2.37. The van der Waals surface area contributed by atoms with Crippen molar-refractivity contribution in [2.75, 3.05) is 18.0 Å². The number of pyridine rings is 1. The molecule has 6 nitrogen and oxygen atoms in total. The lowest BCUT2D eigenvalue weighted by Crippen LogP contribution is -2.35. The Morgan fingerprint density at radius 3 is 2.73 bits per heavy atom. The average molecular weight is 353 g/mol. The van der Waals surface area contributed by atoms with Gasteiger partial charge in [-0.25, -0.2) is 0 Å². The highest BCUT2D eigenvalue weighted by atomic mass is 16.2. The highest BCUT2D eigenvalue weighted by molar-refractivity contribution is 5.75. The number of carbonyl (C=O) groups excluding carboxylic acids is 1. The second-order valence-corrected chi connectivity index (χ2v) is 7.65. The van der Waals surface area contributed by atoms with Gasteiger partial charge in [-0.2, -0.15) is 5.10 Å². The molecular formula is C20H27N5O. The zero-order valence-electron chi connectivity index (χ0n) is 16.1. The first-order valence-electron chi connectivity index (χ1n) is 9.55. The van der Waals surface area contributed by atoms with Crippen LogP contribution in [0.15, 0.2) is 12.1 Å². The van der Waals surface area contributed by atoms with E-state index >= 15 is 0 Å². The topological polar surface area (TPSA) is 54.3 Å². The summed E-state index contributed by atoms with van der Waals surface area (Å²) >= 11 is 0. The maximum Gasteiger partial charge on any atom is 0.219 e. The van der Waals surface area contributed by atoms with E-state index in [0.717, 1.165) is 55.2 Å². The molecule has 2 aliphatic rings. The van der Waals surface area contributed by atoms with Crippen LogP contribution in [-0.4, -0.2) is 38.7 Å². The lowest BCUT2D eigenvalue weighted by Gasteiger charge is -2.32. The summed E-state index contributed by atoms with van der Waals surface area (Å²) in [5.74, 6) is 1.14. The second kappa shape index (κ2) is 6.41. The Morgan fingerprint density at radius 2 is 2.00 bits per heavy atom. The normalized spacial score (nSPS) is 16.7. The quantitative estimate of drug-likeness (QED) is 0.832. The number of nitrogens with zero attached hydrogens (tertiary/aromatic N) is 5. The SMILES string of the molecule is CC(=O)N1CCc2c(c(N3CCCc4nc(C)ccc43)nn2C(C)C)C1. The lowest BCUT2D eigenvalue weighted by atomic mass is 10.0. The van der Waals surface area contributed by atoms with Crippen molar-refractivity contribution in [1.29, 1.82) is 0 Å². The molecule has 0 unspecified atom stereocenters. The van der Waals surface area contributed by atoms with Gasteiger partial charge in [0.2, 0.25) is 5.91 Å². The number of fused-ring (bicyclic) bond motifs is 2. The average Bonchev–Trinajstić information content (AvgIpc) is 2.99. The Bertz CT molecular complexity index is 854. The summed E-state index contributed by atoms with van der Waals surface area (Å²) in [5, 5.41) is 5.01. The van der Waals surface area contributed by atoms with E-state index in [1.807, 2.05) is 11.8 Å². The molecule has 4 rings (SSSR count). The van der Waals surface area contributed by atoms with E-state index in [9.17, 15) is 4.79 Å². The fraction of sp³-hybridized carbons (Fsp3) is 0.550. The third kappa shape index (κ3) is 2.77. The predicted molar refractivity (Wildman–Crippen MR) is 102 cm³/mol. The predicted octanol–water partition coefficient (Wildman–Crippen LogP) is 3.16. The third-order valence-corrected chi connectivity index (χ3v) is 5.43. The smallest absolute Gasteiger partial charge is 0.219 e. The van der Waals surface area contributed by atoms with E-state index in [0.29, 0.717) is 12.6 Å². The Labute approximate surface area is 154 Å². The molecule has 0 fully saturated rings. The molecule has 0 bridgehead atoms. The molecule has 0 spiro atoms. The van der Waals surface area contributed by atoms with E-state index in [-0.39, 0.29) is 5.91 Å². The summed E-state index contributed by atoms with van der Waals surface area (Å²) in [7, 11) is 0. The van der Waals surface area contributed by atoms with Crippen LogP contribution in [0.25, 0.3) is 0 Å². The zero-order chi connectivity index (χ0) is 18.4. The van der Waals surface area contributed by atoms with E-state index < -0.39 is 0 Å². The fourth-order valence-corrected chi connectivity index (χ4v) is 4.12.